The molecule has 0 aromatic carbocycles. The highest BCUT2D eigenvalue weighted by Gasteiger charge is 2.14. The molecular formula is C11H21N3O. The number of aliphatic hydroxyl groups is 1. The number of aliphatic hydroxyl groups excluding tert-OH is 1. The van der Waals surface area contributed by atoms with Crippen LogP contribution in [0.5, 0.6) is 0 Å². The number of hydrogen-bond donors (Lipinski definition) is 2. The van der Waals surface area contributed by atoms with Crippen molar-refractivity contribution in [2.45, 2.75) is 39.8 Å². The summed E-state index contributed by atoms with van der Waals surface area (Å²) in [6.45, 7) is 7.50. The van der Waals surface area contributed by atoms with E-state index in [0.29, 0.717) is 5.92 Å². The molecule has 0 aliphatic carbocycles. The number of aryl methyl sites for hydroxylation is 1. The smallest absolute Gasteiger partial charge is 0.202 e. The van der Waals surface area contributed by atoms with Crippen LogP contribution in [-0.2, 0) is 6.54 Å². The third-order valence-electron chi connectivity index (χ3n) is 2.62. The number of nitrogens with zero attached hydrogens (tertiary/aromatic N) is 2. The van der Waals surface area contributed by atoms with Gasteiger partial charge in [0.05, 0.1) is 0 Å². The lowest BCUT2D eigenvalue weighted by atomic mass is 10.0. The quantitative estimate of drug-likeness (QED) is 0.753. The van der Waals surface area contributed by atoms with E-state index in [-0.39, 0.29) is 12.6 Å². The molecule has 15 heavy (non-hydrogen) atoms. The summed E-state index contributed by atoms with van der Waals surface area (Å²) in [6.07, 6.45) is 4.51. The number of hydrogen-bond acceptors (Lipinski definition) is 3. The normalized spacial score (nSPS) is 13.1. The third kappa shape index (κ3) is 3.23. The number of nitrogens with one attached hydrogen (secondary N) is 1. The second-order valence-electron chi connectivity index (χ2n) is 4.04. The van der Waals surface area contributed by atoms with Gasteiger partial charge in [-0.25, -0.2) is 4.98 Å². The van der Waals surface area contributed by atoms with Crippen LogP contribution >= 0.6 is 0 Å². The molecule has 1 aromatic heterocycles. The first kappa shape index (κ1) is 12.0. The van der Waals surface area contributed by atoms with Crippen molar-refractivity contribution < 1.29 is 5.11 Å². The molecule has 86 valence electrons. The van der Waals surface area contributed by atoms with Crippen molar-refractivity contribution in [3.05, 3.63) is 12.4 Å². The van der Waals surface area contributed by atoms with Crippen LogP contribution in [0.1, 0.15) is 27.2 Å². The van der Waals surface area contributed by atoms with Gasteiger partial charge in [0.25, 0.3) is 0 Å². The Morgan fingerprint density at radius 3 is 2.80 bits per heavy atom. The molecule has 0 saturated heterocycles. The fourth-order valence-electron chi connectivity index (χ4n) is 1.58. The van der Waals surface area contributed by atoms with E-state index in [0.717, 1.165) is 18.9 Å². The molecule has 0 aliphatic rings. The molecule has 0 spiro atoms. The zero-order valence-corrected chi connectivity index (χ0v) is 9.77. The average Bonchev–Trinajstić information content (AvgIpc) is 2.64. The van der Waals surface area contributed by atoms with E-state index in [1.54, 1.807) is 6.20 Å². The van der Waals surface area contributed by atoms with Crippen molar-refractivity contribution in [3.63, 3.8) is 0 Å². The van der Waals surface area contributed by atoms with Gasteiger partial charge in [-0.05, 0) is 19.3 Å². The molecule has 1 atom stereocenters. The Morgan fingerprint density at radius 2 is 2.27 bits per heavy atom. The molecule has 0 saturated carbocycles. The Bertz CT molecular complexity index is 283. The lowest BCUT2D eigenvalue weighted by molar-refractivity contribution is 0.267. The zero-order valence-electron chi connectivity index (χ0n) is 9.77. The van der Waals surface area contributed by atoms with E-state index in [1.807, 2.05) is 6.20 Å². The fourth-order valence-corrected chi connectivity index (χ4v) is 1.58. The van der Waals surface area contributed by atoms with Crippen LogP contribution in [-0.4, -0.2) is 27.3 Å². The van der Waals surface area contributed by atoms with Crippen molar-refractivity contribution in [2.75, 3.05) is 11.9 Å². The van der Waals surface area contributed by atoms with Crippen molar-refractivity contribution in [3.8, 4) is 0 Å². The van der Waals surface area contributed by atoms with Gasteiger partial charge in [0, 0.05) is 31.6 Å². The van der Waals surface area contributed by atoms with Crippen molar-refractivity contribution >= 4 is 5.95 Å². The summed E-state index contributed by atoms with van der Waals surface area (Å²) < 4.78 is 2.06. The Balaban J connectivity index is 2.65. The predicted octanol–water partition coefficient (Wildman–Crippen LogP) is 1.72. The standard InChI is InChI=1S/C11H21N3O/c1-4-14-7-6-12-11(14)13-10(5-8-15)9(2)3/h6-7,9-10,15H,4-5,8H2,1-3H3,(H,12,13). The van der Waals surface area contributed by atoms with E-state index < -0.39 is 0 Å². The van der Waals surface area contributed by atoms with Crippen molar-refractivity contribution in [1.82, 2.24) is 9.55 Å². The lowest BCUT2D eigenvalue weighted by Gasteiger charge is -2.22. The summed E-state index contributed by atoms with van der Waals surface area (Å²) in [4.78, 5) is 4.26. The zero-order chi connectivity index (χ0) is 11.3. The molecule has 1 rings (SSSR count). The summed E-state index contributed by atoms with van der Waals surface area (Å²) >= 11 is 0. The summed E-state index contributed by atoms with van der Waals surface area (Å²) in [7, 11) is 0. The minimum atomic E-state index is 0.211. The second-order valence-corrected chi connectivity index (χ2v) is 4.04. The Morgan fingerprint density at radius 1 is 1.53 bits per heavy atom. The summed E-state index contributed by atoms with van der Waals surface area (Å²) in [5.41, 5.74) is 0. The third-order valence-corrected chi connectivity index (χ3v) is 2.62. The summed E-state index contributed by atoms with van der Waals surface area (Å²) in [5, 5.41) is 12.3. The largest absolute Gasteiger partial charge is 0.396 e. The van der Waals surface area contributed by atoms with Gasteiger partial charge in [0.15, 0.2) is 0 Å². The fraction of sp³-hybridized carbons (Fsp3) is 0.727. The maximum absolute atomic E-state index is 8.97. The summed E-state index contributed by atoms with van der Waals surface area (Å²) in [6, 6.07) is 0.280. The SMILES string of the molecule is CCn1ccnc1NC(CCO)C(C)C. The molecule has 0 fully saturated rings. The maximum Gasteiger partial charge on any atom is 0.202 e. The topological polar surface area (TPSA) is 50.1 Å². The number of rotatable bonds is 6. The number of aromatic nitrogens is 2. The van der Waals surface area contributed by atoms with Gasteiger partial charge in [-0.15, -0.1) is 0 Å². The molecule has 4 nitrogen and oxygen atoms in total. The molecule has 0 aliphatic heterocycles. The van der Waals surface area contributed by atoms with E-state index in [9.17, 15) is 0 Å². The molecule has 0 bridgehead atoms. The molecule has 1 unspecified atom stereocenters. The van der Waals surface area contributed by atoms with Crippen LogP contribution in [0.2, 0.25) is 0 Å². The highest BCUT2D eigenvalue weighted by atomic mass is 16.3. The molecule has 0 amide bonds. The Hall–Kier alpha value is -1.03. The van der Waals surface area contributed by atoms with Gasteiger partial charge in [-0.3, -0.25) is 0 Å². The maximum atomic E-state index is 8.97. The van der Waals surface area contributed by atoms with E-state index in [4.69, 9.17) is 5.11 Å². The Labute approximate surface area is 91.3 Å². The van der Waals surface area contributed by atoms with E-state index in [1.165, 1.54) is 0 Å². The first-order valence-corrected chi connectivity index (χ1v) is 5.57. The van der Waals surface area contributed by atoms with Crippen molar-refractivity contribution in [2.24, 2.45) is 5.92 Å². The van der Waals surface area contributed by atoms with Gasteiger partial charge in [-0.1, -0.05) is 13.8 Å². The molecule has 0 radical (unpaired) electrons. The molecule has 1 heterocycles. The predicted molar refractivity (Wildman–Crippen MR) is 61.9 cm³/mol. The molecular weight excluding hydrogens is 190 g/mol. The van der Waals surface area contributed by atoms with E-state index >= 15 is 0 Å². The van der Waals surface area contributed by atoms with Crippen LogP contribution in [0.25, 0.3) is 0 Å². The minimum absolute atomic E-state index is 0.211. The number of imidazole rings is 1. The molecule has 1 aromatic rings. The second kappa shape index (κ2) is 5.75. The monoisotopic (exact) mass is 211 g/mol. The van der Waals surface area contributed by atoms with Gasteiger partial charge in [0.1, 0.15) is 0 Å². The van der Waals surface area contributed by atoms with Gasteiger partial charge in [0.2, 0.25) is 5.95 Å². The van der Waals surface area contributed by atoms with Crippen LogP contribution < -0.4 is 5.32 Å². The van der Waals surface area contributed by atoms with Gasteiger partial charge < -0.3 is 15.0 Å². The summed E-state index contributed by atoms with van der Waals surface area (Å²) in [5.74, 6) is 1.38. The van der Waals surface area contributed by atoms with Gasteiger partial charge >= 0.3 is 0 Å². The molecule has 4 heteroatoms. The van der Waals surface area contributed by atoms with Gasteiger partial charge in [-0.2, -0.15) is 0 Å². The van der Waals surface area contributed by atoms with E-state index in [2.05, 4.69) is 35.6 Å². The lowest BCUT2D eigenvalue weighted by Crippen LogP contribution is -2.28. The molecule has 2 N–H and O–H groups in total. The first-order chi connectivity index (χ1) is 7.19. The van der Waals surface area contributed by atoms with Crippen LogP contribution in [0.3, 0.4) is 0 Å². The highest BCUT2D eigenvalue weighted by Crippen LogP contribution is 2.13. The first-order valence-electron chi connectivity index (χ1n) is 5.57. The Kier molecular flexibility index (Phi) is 4.62. The number of anilines is 1. The minimum Gasteiger partial charge on any atom is -0.396 e. The highest BCUT2D eigenvalue weighted by molar-refractivity contribution is 5.27. The van der Waals surface area contributed by atoms with Crippen molar-refractivity contribution in [1.29, 1.82) is 0 Å². The average molecular weight is 211 g/mol. The van der Waals surface area contributed by atoms with Crippen LogP contribution in [0.4, 0.5) is 5.95 Å². The van der Waals surface area contributed by atoms with Crippen LogP contribution in [0, 0.1) is 5.92 Å². The van der Waals surface area contributed by atoms with Crippen LogP contribution in [0.15, 0.2) is 12.4 Å².